The van der Waals surface area contributed by atoms with Crippen molar-refractivity contribution < 1.29 is 0 Å². The summed E-state index contributed by atoms with van der Waals surface area (Å²) in [6, 6.07) is 0. The van der Waals surface area contributed by atoms with Crippen molar-refractivity contribution in [3.05, 3.63) is 0 Å². The van der Waals surface area contributed by atoms with Crippen molar-refractivity contribution >= 4 is 0 Å². The molecule has 1 N–H and O–H groups in total. The summed E-state index contributed by atoms with van der Waals surface area (Å²) >= 11 is 0. The summed E-state index contributed by atoms with van der Waals surface area (Å²) in [4.78, 5) is 2.93. The van der Waals surface area contributed by atoms with Gasteiger partial charge in [0.1, 0.15) is 0 Å². The lowest BCUT2D eigenvalue weighted by molar-refractivity contribution is -0.0920. The lowest BCUT2D eigenvalue weighted by atomic mass is 9.52. The van der Waals surface area contributed by atoms with E-state index in [2.05, 4.69) is 24.1 Å². The lowest BCUT2D eigenvalue weighted by Gasteiger charge is -2.61. The molecule has 0 aromatic heterocycles. The molecule has 0 atom stereocenters. The predicted molar refractivity (Wildman–Crippen MR) is 79.2 cm³/mol. The van der Waals surface area contributed by atoms with Crippen LogP contribution in [0, 0.1) is 17.8 Å². The average molecular weight is 262 g/mol. The van der Waals surface area contributed by atoms with E-state index >= 15 is 0 Å². The van der Waals surface area contributed by atoms with E-state index in [0.29, 0.717) is 11.1 Å². The second-order valence-corrected chi connectivity index (χ2v) is 8.73. The Bertz CT molecular complexity index is 325. The maximum atomic E-state index is 3.74. The van der Waals surface area contributed by atoms with Gasteiger partial charge in [-0.1, -0.05) is 0 Å². The molecule has 19 heavy (non-hydrogen) atoms. The van der Waals surface area contributed by atoms with Crippen molar-refractivity contribution in [2.75, 3.05) is 19.6 Å². The van der Waals surface area contributed by atoms with Gasteiger partial charge in [-0.25, -0.2) is 0 Å². The highest BCUT2D eigenvalue weighted by molar-refractivity contribution is 5.08. The van der Waals surface area contributed by atoms with Crippen LogP contribution < -0.4 is 5.32 Å². The van der Waals surface area contributed by atoms with Gasteiger partial charge in [-0.05, 0) is 89.6 Å². The summed E-state index contributed by atoms with van der Waals surface area (Å²) in [7, 11) is 0. The predicted octanol–water partition coefficient (Wildman–Crippen LogP) is 3.03. The minimum absolute atomic E-state index is 0.305. The van der Waals surface area contributed by atoms with Crippen molar-refractivity contribution in [2.24, 2.45) is 17.8 Å². The number of nitrogens with zero attached hydrogens (tertiary/aromatic N) is 1. The maximum Gasteiger partial charge on any atom is 0.0252 e. The van der Waals surface area contributed by atoms with Crippen LogP contribution in [0.15, 0.2) is 0 Å². The van der Waals surface area contributed by atoms with Gasteiger partial charge < -0.3 is 5.32 Å². The van der Waals surface area contributed by atoms with Gasteiger partial charge in [0.05, 0.1) is 0 Å². The fourth-order valence-electron chi connectivity index (χ4n) is 6.17. The number of hydrogen-bond acceptors (Lipinski definition) is 2. The van der Waals surface area contributed by atoms with Crippen LogP contribution in [-0.2, 0) is 0 Å². The standard InChI is InChI=1S/C17H30N2/c1-16(2)12-19(5-3-4-18-16)17-9-13-6-14(10-17)8-15(7-13)11-17/h13-15,18H,3-12H2,1-2H3. The van der Waals surface area contributed by atoms with Crippen molar-refractivity contribution in [2.45, 2.75) is 69.9 Å². The largest absolute Gasteiger partial charge is 0.310 e. The quantitative estimate of drug-likeness (QED) is 0.781. The Morgan fingerprint density at radius 2 is 1.53 bits per heavy atom. The number of hydrogen-bond donors (Lipinski definition) is 1. The molecule has 4 saturated carbocycles. The number of nitrogens with one attached hydrogen (secondary N) is 1. The Labute approximate surface area is 118 Å². The van der Waals surface area contributed by atoms with Crippen LogP contribution in [-0.4, -0.2) is 35.6 Å². The first-order valence-corrected chi connectivity index (χ1v) is 8.55. The smallest absolute Gasteiger partial charge is 0.0252 e. The molecule has 0 aromatic carbocycles. The van der Waals surface area contributed by atoms with Crippen LogP contribution in [0.5, 0.6) is 0 Å². The van der Waals surface area contributed by atoms with Gasteiger partial charge in [0.2, 0.25) is 0 Å². The Morgan fingerprint density at radius 3 is 2.11 bits per heavy atom. The Morgan fingerprint density at radius 1 is 0.947 bits per heavy atom. The van der Waals surface area contributed by atoms with Gasteiger partial charge in [-0.3, -0.25) is 4.90 Å². The Balaban J connectivity index is 1.60. The first-order valence-electron chi connectivity index (χ1n) is 8.55. The molecule has 0 radical (unpaired) electrons. The van der Waals surface area contributed by atoms with E-state index in [1.807, 2.05) is 0 Å². The lowest BCUT2D eigenvalue weighted by Crippen LogP contribution is -2.62. The van der Waals surface area contributed by atoms with Gasteiger partial charge in [0, 0.05) is 17.6 Å². The zero-order valence-electron chi connectivity index (χ0n) is 12.8. The van der Waals surface area contributed by atoms with Crippen LogP contribution in [0.1, 0.15) is 58.8 Å². The molecule has 5 rings (SSSR count). The highest BCUT2D eigenvalue weighted by Gasteiger charge is 2.53. The molecule has 4 bridgehead atoms. The molecule has 5 aliphatic rings. The van der Waals surface area contributed by atoms with Crippen LogP contribution in [0.4, 0.5) is 0 Å². The van der Waals surface area contributed by atoms with E-state index in [4.69, 9.17) is 0 Å². The van der Waals surface area contributed by atoms with Crippen molar-refractivity contribution in [3.8, 4) is 0 Å². The first-order chi connectivity index (χ1) is 9.05. The average Bonchev–Trinajstić information content (AvgIpc) is 2.48. The molecule has 2 heteroatoms. The monoisotopic (exact) mass is 262 g/mol. The van der Waals surface area contributed by atoms with Gasteiger partial charge in [0.25, 0.3) is 0 Å². The van der Waals surface area contributed by atoms with Crippen LogP contribution in [0.3, 0.4) is 0 Å². The minimum atomic E-state index is 0.305. The molecule has 0 spiro atoms. The van der Waals surface area contributed by atoms with Crippen LogP contribution in [0.2, 0.25) is 0 Å². The molecule has 108 valence electrons. The summed E-state index contributed by atoms with van der Waals surface area (Å²) in [5.41, 5.74) is 0.915. The molecular formula is C17H30N2. The highest BCUT2D eigenvalue weighted by atomic mass is 15.2. The molecule has 2 nitrogen and oxygen atoms in total. The van der Waals surface area contributed by atoms with Gasteiger partial charge in [-0.15, -0.1) is 0 Å². The third kappa shape index (κ3) is 2.15. The van der Waals surface area contributed by atoms with Crippen LogP contribution in [0.25, 0.3) is 0 Å². The molecule has 1 heterocycles. The van der Waals surface area contributed by atoms with Crippen molar-refractivity contribution in [1.29, 1.82) is 0 Å². The fraction of sp³-hybridized carbons (Fsp3) is 1.00. The summed E-state index contributed by atoms with van der Waals surface area (Å²) in [6.45, 7) is 8.59. The van der Waals surface area contributed by atoms with Gasteiger partial charge in [-0.2, -0.15) is 0 Å². The van der Waals surface area contributed by atoms with E-state index in [-0.39, 0.29) is 0 Å². The normalized spacial score (nSPS) is 49.3. The fourth-order valence-corrected chi connectivity index (χ4v) is 6.17. The van der Waals surface area contributed by atoms with Crippen LogP contribution >= 0.6 is 0 Å². The Kier molecular flexibility index (Phi) is 2.80. The number of rotatable bonds is 1. The van der Waals surface area contributed by atoms with E-state index < -0.39 is 0 Å². The van der Waals surface area contributed by atoms with Gasteiger partial charge in [0.15, 0.2) is 0 Å². The molecule has 0 amide bonds. The molecule has 0 aromatic rings. The maximum absolute atomic E-state index is 3.74. The molecular weight excluding hydrogens is 232 g/mol. The molecule has 4 aliphatic carbocycles. The molecule has 0 unspecified atom stereocenters. The summed E-state index contributed by atoms with van der Waals surface area (Å²) < 4.78 is 0. The Hall–Kier alpha value is -0.0800. The van der Waals surface area contributed by atoms with E-state index in [1.165, 1.54) is 45.3 Å². The van der Waals surface area contributed by atoms with E-state index in [0.717, 1.165) is 17.8 Å². The summed E-state index contributed by atoms with van der Waals surface area (Å²) in [5.74, 6) is 3.22. The third-order valence-corrected chi connectivity index (χ3v) is 6.47. The SMILES string of the molecule is CC1(C)CN(C23CC4CC(CC(C4)C2)C3)CCCN1. The second-order valence-electron chi connectivity index (χ2n) is 8.73. The van der Waals surface area contributed by atoms with Crippen molar-refractivity contribution in [1.82, 2.24) is 10.2 Å². The molecule has 5 fully saturated rings. The van der Waals surface area contributed by atoms with E-state index in [9.17, 15) is 0 Å². The highest BCUT2D eigenvalue weighted by Crippen LogP contribution is 2.58. The zero-order valence-corrected chi connectivity index (χ0v) is 12.8. The summed E-state index contributed by atoms with van der Waals surface area (Å²) in [6.07, 6.45) is 10.6. The first kappa shape index (κ1) is 12.6. The molecule has 1 saturated heterocycles. The second kappa shape index (κ2) is 4.21. The van der Waals surface area contributed by atoms with E-state index in [1.54, 1.807) is 19.3 Å². The third-order valence-electron chi connectivity index (χ3n) is 6.47. The topological polar surface area (TPSA) is 15.3 Å². The minimum Gasteiger partial charge on any atom is -0.310 e. The molecule has 1 aliphatic heterocycles. The zero-order chi connectivity index (χ0) is 13.1. The van der Waals surface area contributed by atoms with Gasteiger partial charge >= 0.3 is 0 Å². The van der Waals surface area contributed by atoms with Crippen molar-refractivity contribution in [3.63, 3.8) is 0 Å². The summed E-state index contributed by atoms with van der Waals surface area (Å²) in [5, 5.41) is 3.74.